The van der Waals surface area contributed by atoms with Gasteiger partial charge in [0.1, 0.15) is 5.82 Å². The zero-order valence-corrected chi connectivity index (χ0v) is 16.2. The van der Waals surface area contributed by atoms with Crippen LogP contribution >= 0.6 is 0 Å². The van der Waals surface area contributed by atoms with E-state index in [0.717, 1.165) is 51.3 Å². The smallest absolute Gasteiger partial charge is 0.222 e. The van der Waals surface area contributed by atoms with Crippen LogP contribution < -0.4 is 4.90 Å². The number of piperazine rings is 1. The number of anilines is 1. The molecule has 0 aliphatic carbocycles. The number of pyridine rings is 1. The van der Waals surface area contributed by atoms with Crippen molar-refractivity contribution in [1.29, 1.82) is 0 Å². The fourth-order valence-corrected chi connectivity index (χ4v) is 4.72. The van der Waals surface area contributed by atoms with E-state index in [0.29, 0.717) is 19.5 Å². The van der Waals surface area contributed by atoms with E-state index in [1.54, 1.807) is 10.5 Å². The Morgan fingerprint density at radius 1 is 1.19 bits per heavy atom. The van der Waals surface area contributed by atoms with E-state index in [-0.39, 0.29) is 11.8 Å². The third kappa shape index (κ3) is 4.94. The zero-order valence-electron chi connectivity index (χ0n) is 15.4. The summed E-state index contributed by atoms with van der Waals surface area (Å²) in [5.74, 6) is 1.43. The van der Waals surface area contributed by atoms with Gasteiger partial charge in [-0.25, -0.2) is 17.7 Å². The Labute approximate surface area is 156 Å². The van der Waals surface area contributed by atoms with E-state index < -0.39 is 10.0 Å². The fraction of sp³-hybridized carbons (Fsp3) is 0.667. The van der Waals surface area contributed by atoms with Crippen molar-refractivity contribution in [3.05, 3.63) is 24.4 Å². The fourth-order valence-electron chi connectivity index (χ4n) is 3.78. The van der Waals surface area contributed by atoms with Crippen LogP contribution in [0.15, 0.2) is 24.4 Å². The predicted octanol–water partition coefficient (Wildman–Crippen LogP) is 1.18. The van der Waals surface area contributed by atoms with Crippen LogP contribution in [0.4, 0.5) is 5.82 Å². The van der Waals surface area contributed by atoms with Crippen LogP contribution in [0.3, 0.4) is 0 Å². The van der Waals surface area contributed by atoms with Crippen molar-refractivity contribution >= 4 is 21.7 Å². The number of nitrogens with zero attached hydrogens (tertiary/aromatic N) is 4. The Kier molecular flexibility index (Phi) is 6.13. The minimum Gasteiger partial charge on any atom is -0.353 e. The van der Waals surface area contributed by atoms with Crippen LogP contribution in [0.25, 0.3) is 0 Å². The molecule has 2 saturated heterocycles. The molecule has 0 aromatic carbocycles. The van der Waals surface area contributed by atoms with Crippen LogP contribution in [0.1, 0.15) is 25.7 Å². The van der Waals surface area contributed by atoms with Gasteiger partial charge >= 0.3 is 0 Å². The van der Waals surface area contributed by atoms with Crippen LogP contribution in [-0.2, 0) is 14.8 Å². The first kappa shape index (κ1) is 19.1. The van der Waals surface area contributed by atoms with Gasteiger partial charge in [-0.2, -0.15) is 0 Å². The number of carbonyl (C=O) groups excluding carboxylic acids is 1. The molecule has 2 aliphatic rings. The maximum atomic E-state index is 12.5. The number of amides is 1. The number of hydrogen-bond donors (Lipinski definition) is 0. The number of piperidine rings is 1. The molecule has 0 spiro atoms. The summed E-state index contributed by atoms with van der Waals surface area (Å²) >= 11 is 0. The first-order valence-corrected chi connectivity index (χ1v) is 11.2. The van der Waals surface area contributed by atoms with Crippen molar-refractivity contribution in [1.82, 2.24) is 14.2 Å². The van der Waals surface area contributed by atoms with Crippen LogP contribution in [0.5, 0.6) is 0 Å². The molecule has 8 heteroatoms. The number of rotatable bonds is 5. The Hall–Kier alpha value is -1.67. The topological polar surface area (TPSA) is 73.8 Å². The first-order chi connectivity index (χ1) is 12.4. The molecule has 0 bridgehead atoms. The van der Waals surface area contributed by atoms with E-state index in [4.69, 9.17) is 0 Å². The van der Waals surface area contributed by atoms with Gasteiger partial charge in [0.25, 0.3) is 0 Å². The third-order valence-corrected chi connectivity index (χ3v) is 6.59. The van der Waals surface area contributed by atoms with Gasteiger partial charge in [0.05, 0.1) is 6.26 Å². The molecule has 1 amide bonds. The molecule has 0 radical (unpaired) electrons. The number of carbonyl (C=O) groups is 1. The Bertz CT molecular complexity index is 702. The van der Waals surface area contributed by atoms with Gasteiger partial charge < -0.3 is 9.80 Å². The summed E-state index contributed by atoms with van der Waals surface area (Å²) in [5.41, 5.74) is 0. The lowest BCUT2D eigenvalue weighted by molar-refractivity contribution is -0.131. The first-order valence-electron chi connectivity index (χ1n) is 9.32. The molecule has 1 aromatic rings. The summed E-state index contributed by atoms with van der Waals surface area (Å²) in [6, 6.07) is 5.87. The summed E-state index contributed by atoms with van der Waals surface area (Å²) in [7, 11) is -3.12. The molecule has 0 saturated carbocycles. The maximum Gasteiger partial charge on any atom is 0.222 e. The van der Waals surface area contributed by atoms with Crippen LogP contribution in [0.2, 0.25) is 0 Å². The lowest BCUT2D eigenvalue weighted by atomic mass is 9.94. The third-order valence-electron chi connectivity index (χ3n) is 5.32. The highest BCUT2D eigenvalue weighted by Crippen LogP contribution is 2.23. The highest BCUT2D eigenvalue weighted by molar-refractivity contribution is 7.88. The lowest BCUT2D eigenvalue weighted by Crippen LogP contribution is -2.49. The van der Waals surface area contributed by atoms with Crippen molar-refractivity contribution in [2.75, 3.05) is 50.4 Å². The van der Waals surface area contributed by atoms with Gasteiger partial charge in [-0.05, 0) is 37.3 Å². The van der Waals surface area contributed by atoms with Crippen molar-refractivity contribution < 1.29 is 13.2 Å². The quantitative estimate of drug-likeness (QED) is 0.767. The van der Waals surface area contributed by atoms with Crippen molar-refractivity contribution in [3.8, 4) is 0 Å². The summed E-state index contributed by atoms with van der Waals surface area (Å²) in [4.78, 5) is 21.0. The summed E-state index contributed by atoms with van der Waals surface area (Å²) in [5, 5.41) is 0. The van der Waals surface area contributed by atoms with Gasteiger partial charge in [-0.1, -0.05) is 6.07 Å². The average Bonchev–Trinajstić information content (AvgIpc) is 2.66. The second-order valence-corrected chi connectivity index (χ2v) is 9.21. The molecular formula is C18H28N4O3S. The van der Waals surface area contributed by atoms with Crippen molar-refractivity contribution in [2.24, 2.45) is 5.92 Å². The summed E-state index contributed by atoms with van der Waals surface area (Å²) < 4.78 is 25.0. The number of hydrogen-bond acceptors (Lipinski definition) is 5. The lowest BCUT2D eigenvalue weighted by Gasteiger charge is -2.36. The molecule has 1 aromatic heterocycles. The van der Waals surface area contributed by atoms with Gasteiger partial charge in [-0.3, -0.25) is 4.79 Å². The molecule has 0 N–H and O–H groups in total. The van der Waals surface area contributed by atoms with Crippen LogP contribution in [0, 0.1) is 5.92 Å². The molecule has 144 valence electrons. The van der Waals surface area contributed by atoms with Gasteiger partial charge in [0, 0.05) is 51.9 Å². The SMILES string of the molecule is CS(=O)(=O)N1CCC[C@H](CCC(=O)N2CCN(c3ccccn3)CC2)C1. The number of sulfonamides is 1. The molecule has 2 fully saturated rings. The Morgan fingerprint density at radius 2 is 1.96 bits per heavy atom. The van der Waals surface area contributed by atoms with E-state index >= 15 is 0 Å². The average molecular weight is 381 g/mol. The van der Waals surface area contributed by atoms with E-state index in [1.807, 2.05) is 23.1 Å². The standard InChI is InChI=1S/C18H28N4O3S/c1-26(24,25)22-10-4-5-16(15-22)7-8-18(23)21-13-11-20(12-14-21)17-6-2-3-9-19-17/h2-3,6,9,16H,4-5,7-8,10-15H2,1H3/t16-/m1/s1. The van der Waals surface area contributed by atoms with Crippen molar-refractivity contribution in [3.63, 3.8) is 0 Å². The molecule has 0 unspecified atom stereocenters. The monoisotopic (exact) mass is 380 g/mol. The Balaban J connectivity index is 1.43. The Morgan fingerprint density at radius 3 is 2.62 bits per heavy atom. The summed E-state index contributed by atoms with van der Waals surface area (Å²) in [6.45, 7) is 4.20. The highest BCUT2D eigenvalue weighted by atomic mass is 32.2. The molecule has 1 atom stereocenters. The van der Waals surface area contributed by atoms with E-state index in [2.05, 4.69) is 9.88 Å². The highest BCUT2D eigenvalue weighted by Gasteiger charge is 2.27. The van der Waals surface area contributed by atoms with Gasteiger partial charge in [0.2, 0.25) is 15.9 Å². The second kappa shape index (κ2) is 8.35. The largest absolute Gasteiger partial charge is 0.353 e. The molecular weight excluding hydrogens is 352 g/mol. The predicted molar refractivity (Wildman–Crippen MR) is 101 cm³/mol. The molecule has 3 rings (SSSR count). The number of aromatic nitrogens is 1. The second-order valence-electron chi connectivity index (χ2n) is 7.22. The van der Waals surface area contributed by atoms with E-state index in [9.17, 15) is 13.2 Å². The van der Waals surface area contributed by atoms with Crippen LogP contribution in [-0.4, -0.2) is 74.0 Å². The minimum absolute atomic E-state index is 0.183. The molecule has 7 nitrogen and oxygen atoms in total. The van der Waals surface area contributed by atoms with E-state index in [1.165, 1.54) is 6.26 Å². The maximum absolute atomic E-state index is 12.5. The summed E-state index contributed by atoms with van der Waals surface area (Å²) in [6.07, 6.45) is 6.22. The van der Waals surface area contributed by atoms with Gasteiger partial charge in [0.15, 0.2) is 0 Å². The van der Waals surface area contributed by atoms with Gasteiger partial charge in [-0.15, -0.1) is 0 Å². The molecule has 26 heavy (non-hydrogen) atoms. The zero-order chi connectivity index (χ0) is 18.6. The normalized spacial score (nSPS) is 22.4. The van der Waals surface area contributed by atoms with Crippen molar-refractivity contribution in [2.45, 2.75) is 25.7 Å². The minimum atomic E-state index is -3.12. The molecule has 3 heterocycles. The molecule has 2 aliphatic heterocycles.